The molecule has 4 fully saturated rings. The van der Waals surface area contributed by atoms with Crippen LogP contribution < -0.4 is 0 Å². The van der Waals surface area contributed by atoms with Crippen molar-refractivity contribution in [3.05, 3.63) is 12.7 Å². The van der Waals surface area contributed by atoms with Crippen LogP contribution in [-0.4, -0.2) is 43.8 Å². The molecule has 3 unspecified atom stereocenters. The average Bonchev–Trinajstić information content (AvgIpc) is 2.96. The van der Waals surface area contributed by atoms with E-state index in [0.717, 1.165) is 76.0 Å². The minimum Gasteiger partial charge on any atom is -0.462 e. The number of carbonyl (C=O) groups excluding carboxylic acids is 2. The summed E-state index contributed by atoms with van der Waals surface area (Å²) in [7, 11) is 1.78. The SMILES string of the molecule is C=CC(=O)OCC1CC(C(C)(C)C2CCC(C)CC2)CCC1OC1CCC(C(=O)C2CCC(OC)CC2)CC1. The van der Waals surface area contributed by atoms with E-state index in [1.165, 1.54) is 38.2 Å². The molecule has 0 N–H and O–H groups in total. The summed E-state index contributed by atoms with van der Waals surface area (Å²) >= 11 is 0. The molecule has 5 heteroatoms. The molecule has 4 aliphatic rings. The Morgan fingerprint density at radius 2 is 1.36 bits per heavy atom. The Morgan fingerprint density at radius 1 is 0.795 bits per heavy atom. The third-order valence-corrected chi connectivity index (χ3v) is 11.5. The Hall–Kier alpha value is -1.20. The molecule has 0 bridgehead atoms. The summed E-state index contributed by atoms with van der Waals surface area (Å²) in [5.41, 5.74) is 0.298. The predicted molar refractivity (Wildman–Crippen MR) is 155 cm³/mol. The Balaban J connectivity index is 1.30. The summed E-state index contributed by atoms with van der Waals surface area (Å²) < 4.78 is 17.9. The molecular weight excluding hydrogens is 488 g/mol. The maximum Gasteiger partial charge on any atom is 0.330 e. The van der Waals surface area contributed by atoms with E-state index < -0.39 is 0 Å². The van der Waals surface area contributed by atoms with Crippen molar-refractivity contribution in [1.82, 2.24) is 0 Å². The number of ether oxygens (including phenoxy) is 3. The number of ketones is 1. The number of Topliss-reactive ketones (excluding diaryl/α,β-unsaturated/α-hetero) is 1. The number of hydrogen-bond acceptors (Lipinski definition) is 5. The van der Waals surface area contributed by atoms with Crippen LogP contribution in [0.2, 0.25) is 0 Å². The zero-order chi connectivity index (χ0) is 28.0. The molecule has 0 aromatic heterocycles. The number of rotatable bonds is 10. The molecule has 0 aromatic rings. The minimum atomic E-state index is -0.338. The van der Waals surface area contributed by atoms with Crippen LogP contribution >= 0.6 is 0 Å². The molecule has 4 aliphatic carbocycles. The highest BCUT2D eigenvalue weighted by atomic mass is 16.5. The van der Waals surface area contributed by atoms with Gasteiger partial charge in [0.05, 0.1) is 24.9 Å². The Kier molecular flexibility index (Phi) is 11.1. The molecule has 4 saturated carbocycles. The van der Waals surface area contributed by atoms with Gasteiger partial charge in [-0.3, -0.25) is 4.79 Å². The number of carbonyl (C=O) groups is 2. The predicted octanol–water partition coefficient (Wildman–Crippen LogP) is 7.70. The Labute approximate surface area is 238 Å². The standard InChI is InChI=1S/C34H56O5/c1-6-32(35)38-22-26-21-28(34(3,4)27-13-7-23(2)8-14-27)15-20-31(26)39-30-18-11-25(12-19-30)33(36)24-9-16-29(37-5)17-10-24/h6,23-31H,1,7-22H2,2-5H3. The van der Waals surface area contributed by atoms with E-state index in [1.807, 2.05) is 0 Å². The number of methoxy groups -OCH3 is 1. The summed E-state index contributed by atoms with van der Waals surface area (Å²) in [4.78, 5) is 25.2. The van der Waals surface area contributed by atoms with Crippen molar-refractivity contribution < 1.29 is 23.8 Å². The first kappa shape index (κ1) is 30.8. The topological polar surface area (TPSA) is 61.8 Å². The Morgan fingerprint density at radius 3 is 1.92 bits per heavy atom. The molecule has 0 radical (unpaired) electrons. The van der Waals surface area contributed by atoms with Gasteiger partial charge in [0, 0.05) is 30.9 Å². The van der Waals surface area contributed by atoms with Crippen molar-refractivity contribution in [3.63, 3.8) is 0 Å². The zero-order valence-corrected chi connectivity index (χ0v) is 25.3. The summed E-state index contributed by atoms with van der Waals surface area (Å²) in [6.45, 7) is 11.4. The van der Waals surface area contributed by atoms with Gasteiger partial charge in [0.15, 0.2) is 0 Å². The smallest absolute Gasteiger partial charge is 0.330 e. The molecule has 0 spiro atoms. The van der Waals surface area contributed by atoms with Crippen LogP contribution in [0, 0.1) is 40.9 Å². The van der Waals surface area contributed by atoms with Gasteiger partial charge in [-0.2, -0.15) is 0 Å². The lowest BCUT2D eigenvalue weighted by atomic mass is 9.58. The molecule has 0 heterocycles. The highest BCUT2D eigenvalue weighted by Gasteiger charge is 2.44. The van der Waals surface area contributed by atoms with Gasteiger partial charge < -0.3 is 14.2 Å². The molecule has 222 valence electrons. The van der Waals surface area contributed by atoms with Gasteiger partial charge in [-0.15, -0.1) is 0 Å². The van der Waals surface area contributed by atoms with Gasteiger partial charge >= 0.3 is 5.97 Å². The van der Waals surface area contributed by atoms with Crippen LogP contribution in [0.4, 0.5) is 0 Å². The molecule has 4 rings (SSSR count). The maximum absolute atomic E-state index is 13.2. The number of hydrogen-bond donors (Lipinski definition) is 0. The van der Waals surface area contributed by atoms with E-state index in [4.69, 9.17) is 14.2 Å². The lowest BCUT2D eigenvalue weighted by Crippen LogP contribution is -2.44. The van der Waals surface area contributed by atoms with Gasteiger partial charge in [-0.1, -0.05) is 40.2 Å². The average molecular weight is 545 g/mol. The van der Waals surface area contributed by atoms with Crippen molar-refractivity contribution in [2.75, 3.05) is 13.7 Å². The van der Waals surface area contributed by atoms with E-state index in [9.17, 15) is 9.59 Å². The fourth-order valence-electron chi connectivity index (χ4n) is 8.50. The van der Waals surface area contributed by atoms with E-state index >= 15 is 0 Å². The highest BCUT2D eigenvalue weighted by molar-refractivity contribution is 5.83. The van der Waals surface area contributed by atoms with Crippen LogP contribution in [-0.2, 0) is 23.8 Å². The molecule has 5 nitrogen and oxygen atoms in total. The Bertz CT molecular complexity index is 796. The molecule has 0 aliphatic heterocycles. The molecule has 3 atom stereocenters. The summed E-state index contributed by atoms with van der Waals surface area (Å²) in [5, 5.41) is 0. The van der Waals surface area contributed by atoms with Crippen LogP contribution in [0.1, 0.15) is 117 Å². The normalized spacial score (nSPS) is 38.1. The van der Waals surface area contributed by atoms with Crippen molar-refractivity contribution in [2.45, 2.75) is 135 Å². The van der Waals surface area contributed by atoms with E-state index in [1.54, 1.807) is 7.11 Å². The third kappa shape index (κ3) is 7.97. The van der Waals surface area contributed by atoms with Crippen LogP contribution in [0.25, 0.3) is 0 Å². The van der Waals surface area contributed by atoms with Crippen molar-refractivity contribution in [3.8, 4) is 0 Å². The van der Waals surface area contributed by atoms with Gasteiger partial charge in [0.2, 0.25) is 0 Å². The van der Waals surface area contributed by atoms with Crippen molar-refractivity contribution >= 4 is 11.8 Å². The molecule has 0 aromatic carbocycles. The van der Waals surface area contributed by atoms with Crippen molar-refractivity contribution in [1.29, 1.82) is 0 Å². The zero-order valence-electron chi connectivity index (χ0n) is 25.3. The summed E-state index contributed by atoms with van der Waals surface area (Å²) in [6.07, 6.45) is 18.5. The second-order valence-electron chi connectivity index (χ2n) is 14.1. The fraction of sp³-hybridized carbons (Fsp3) is 0.882. The quantitative estimate of drug-likeness (QED) is 0.208. The van der Waals surface area contributed by atoms with Gasteiger partial charge in [-0.05, 0) is 107 Å². The number of esters is 1. The molecule has 0 amide bonds. The lowest BCUT2D eigenvalue weighted by Gasteiger charge is -2.49. The summed E-state index contributed by atoms with van der Waals surface area (Å²) in [5.74, 6) is 3.09. The van der Waals surface area contributed by atoms with Gasteiger partial charge in [0.25, 0.3) is 0 Å². The van der Waals surface area contributed by atoms with Crippen LogP contribution in [0.15, 0.2) is 12.7 Å². The van der Waals surface area contributed by atoms with Gasteiger partial charge in [-0.25, -0.2) is 4.79 Å². The monoisotopic (exact) mass is 544 g/mol. The van der Waals surface area contributed by atoms with Crippen molar-refractivity contribution in [2.24, 2.45) is 40.9 Å². The second kappa shape index (κ2) is 14.1. The van der Waals surface area contributed by atoms with Crippen LogP contribution in [0.5, 0.6) is 0 Å². The van der Waals surface area contributed by atoms with E-state index in [2.05, 4.69) is 27.4 Å². The maximum atomic E-state index is 13.2. The van der Waals surface area contributed by atoms with E-state index in [-0.39, 0.29) is 35.9 Å². The highest BCUT2D eigenvalue weighted by Crippen LogP contribution is 2.51. The minimum absolute atomic E-state index is 0.127. The first-order valence-electron chi connectivity index (χ1n) is 16.2. The molecule has 39 heavy (non-hydrogen) atoms. The van der Waals surface area contributed by atoms with E-state index in [0.29, 0.717) is 29.8 Å². The lowest BCUT2D eigenvalue weighted by molar-refractivity contribution is -0.147. The fourth-order valence-corrected chi connectivity index (χ4v) is 8.50. The molecule has 0 saturated heterocycles. The third-order valence-electron chi connectivity index (χ3n) is 11.5. The largest absolute Gasteiger partial charge is 0.462 e. The van der Waals surface area contributed by atoms with Gasteiger partial charge in [0.1, 0.15) is 5.78 Å². The molecular formula is C34H56O5. The first-order chi connectivity index (χ1) is 18.7. The first-order valence-corrected chi connectivity index (χ1v) is 16.2. The van der Waals surface area contributed by atoms with Crippen LogP contribution in [0.3, 0.4) is 0 Å². The summed E-state index contributed by atoms with van der Waals surface area (Å²) in [6, 6.07) is 0. The second-order valence-corrected chi connectivity index (χ2v) is 14.1.